The third-order valence-corrected chi connectivity index (χ3v) is 3.47. The number of carboxylic acids is 1. The molecule has 5 nitrogen and oxygen atoms in total. The van der Waals surface area contributed by atoms with Gasteiger partial charge in [0.15, 0.2) is 0 Å². The molecule has 1 heterocycles. The number of carboxylic acid groups (broad SMARTS) is 1. The third kappa shape index (κ3) is 3.36. The number of benzene rings is 1. The van der Waals surface area contributed by atoms with Crippen molar-refractivity contribution in [3.8, 4) is 0 Å². The van der Waals surface area contributed by atoms with E-state index in [1.54, 1.807) is 31.0 Å². The van der Waals surface area contributed by atoms with Gasteiger partial charge in [0, 0.05) is 31.7 Å². The molecule has 1 unspecified atom stereocenters. The van der Waals surface area contributed by atoms with Crippen LogP contribution in [0.3, 0.4) is 0 Å². The molecule has 1 N–H and O–H groups in total. The molecule has 1 aromatic rings. The van der Waals surface area contributed by atoms with Crippen LogP contribution < -0.4 is 0 Å². The molecule has 0 radical (unpaired) electrons. The summed E-state index contributed by atoms with van der Waals surface area (Å²) in [6.45, 7) is 3.86. The van der Waals surface area contributed by atoms with Gasteiger partial charge in [0.2, 0.25) is 0 Å². The molecule has 1 aliphatic rings. The lowest BCUT2D eigenvalue weighted by Gasteiger charge is -2.20. The van der Waals surface area contributed by atoms with Crippen LogP contribution in [0.2, 0.25) is 0 Å². The van der Waals surface area contributed by atoms with E-state index in [1.165, 1.54) is 6.07 Å². The van der Waals surface area contributed by atoms with Crippen molar-refractivity contribution in [1.82, 2.24) is 4.90 Å². The number of aryl methyl sites for hydroxylation is 1. The van der Waals surface area contributed by atoms with Gasteiger partial charge in [-0.1, -0.05) is 0 Å². The first-order valence-electron chi connectivity index (χ1n) is 6.65. The van der Waals surface area contributed by atoms with E-state index in [4.69, 9.17) is 9.84 Å². The monoisotopic (exact) mass is 277 g/mol. The van der Waals surface area contributed by atoms with Crippen molar-refractivity contribution in [3.63, 3.8) is 0 Å². The summed E-state index contributed by atoms with van der Waals surface area (Å²) in [6.07, 6.45) is 0.964. The van der Waals surface area contributed by atoms with E-state index in [9.17, 15) is 9.59 Å². The lowest BCUT2D eigenvalue weighted by molar-refractivity contribution is 0.0696. The fraction of sp³-hybridized carbons (Fsp3) is 0.467. The molecule has 0 saturated carbocycles. The van der Waals surface area contributed by atoms with E-state index in [0.717, 1.165) is 18.6 Å². The second-order valence-corrected chi connectivity index (χ2v) is 5.31. The molecule has 1 atom stereocenters. The summed E-state index contributed by atoms with van der Waals surface area (Å²) in [5, 5.41) is 9.04. The number of ether oxygens (including phenoxy) is 1. The standard InChI is InChI=1S/C15H19NO4/c1-10-5-12(7-13(6-10)15(18)19)14(17)16(2)8-11-3-4-20-9-11/h5-7,11H,3-4,8-9H2,1-2H3,(H,18,19). The van der Waals surface area contributed by atoms with Crippen molar-refractivity contribution in [1.29, 1.82) is 0 Å². The number of amides is 1. The van der Waals surface area contributed by atoms with E-state index in [2.05, 4.69) is 0 Å². The summed E-state index contributed by atoms with van der Waals surface area (Å²) >= 11 is 0. The quantitative estimate of drug-likeness (QED) is 0.911. The van der Waals surface area contributed by atoms with Crippen LogP contribution in [-0.4, -0.2) is 48.7 Å². The third-order valence-electron chi connectivity index (χ3n) is 3.47. The summed E-state index contributed by atoms with van der Waals surface area (Å²) in [5.74, 6) is -0.801. The van der Waals surface area contributed by atoms with Crippen molar-refractivity contribution in [2.24, 2.45) is 5.92 Å². The zero-order chi connectivity index (χ0) is 14.7. The Morgan fingerprint density at radius 3 is 2.65 bits per heavy atom. The molecule has 1 saturated heterocycles. The minimum Gasteiger partial charge on any atom is -0.478 e. The normalized spacial score (nSPS) is 18.0. The molecule has 1 fully saturated rings. The highest BCUT2D eigenvalue weighted by atomic mass is 16.5. The van der Waals surface area contributed by atoms with Crippen LogP contribution in [0.1, 0.15) is 32.7 Å². The zero-order valence-electron chi connectivity index (χ0n) is 11.8. The van der Waals surface area contributed by atoms with Crippen molar-refractivity contribution < 1.29 is 19.4 Å². The first-order chi connectivity index (χ1) is 9.47. The van der Waals surface area contributed by atoms with Gasteiger partial charge in [-0.2, -0.15) is 0 Å². The smallest absolute Gasteiger partial charge is 0.335 e. The molecule has 1 amide bonds. The molecule has 1 aromatic carbocycles. The highest BCUT2D eigenvalue weighted by molar-refractivity contribution is 5.97. The topological polar surface area (TPSA) is 66.8 Å². The molecule has 0 aromatic heterocycles. The van der Waals surface area contributed by atoms with E-state index < -0.39 is 5.97 Å². The largest absolute Gasteiger partial charge is 0.478 e. The van der Waals surface area contributed by atoms with E-state index in [0.29, 0.717) is 24.6 Å². The number of carbonyl (C=O) groups excluding carboxylic acids is 1. The van der Waals surface area contributed by atoms with E-state index in [1.807, 2.05) is 0 Å². The van der Waals surface area contributed by atoms with Crippen molar-refractivity contribution in [3.05, 3.63) is 34.9 Å². The van der Waals surface area contributed by atoms with Crippen molar-refractivity contribution in [2.75, 3.05) is 26.8 Å². The lowest BCUT2D eigenvalue weighted by Crippen LogP contribution is -2.32. The van der Waals surface area contributed by atoms with Crippen LogP contribution in [0, 0.1) is 12.8 Å². The maximum atomic E-state index is 12.4. The number of hydrogen-bond acceptors (Lipinski definition) is 3. The molecular formula is C15H19NO4. The zero-order valence-corrected chi connectivity index (χ0v) is 11.8. The van der Waals surface area contributed by atoms with Gasteiger partial charge in [-0.15, -0.1) is 0 Å². The van der Waals surface area contributed by atoms with E-state index in [-0.39, 0.29) is 11.5 Å². The van der Waals surface area contributed by atoms with Crippen LogP contribution in [0.4, 0.5) is 0 Å². The van der Waals surface area contributed by atoms with Crippen molar-refractivity contribution >= 4 is 11.9 Å². The number of nitrogens with zero attached hydrogens (tertiary/aromatic N) is 1. The maximum absolute atomic E-state index is 12.4. The van der Waals surface area contributed by atoms with Crippen molar-refractivity contribution in [2.45, 2.75) is 13.3 Å². The molecular weight excluding hydrogens is 258 g/mol. The molecule has 0 bridgehead atoms. The number of rotatable bonds is 4. The molecule has 0 spiro atoms. The Labute approximate surface area is 118 Å². The van der Waals surface area contributed by atoms with Gasteiger partial charge >= 0.3 is 5.97 Å². The van der Waals surface area contributed by atoms with E-state index >= 15 is 0 Å². The molecule has 2 rings (SSSR count). The predicted octanol–water partition coefficient (Wildman–Crippen LogP) is 1.80. The summed E-state index contributed by atoms with van der Waals surface area (Å²) in [4.78, 5) is 25.0. The predicted molar refractivity (Wildman–Crippen MR) is 74.0 cm³/mol. The van der Waals surface area contributed by atoms with Gasteiger partial charge in [-0.25, -0.2) is 4.79 Å². The van der Waals surface area contributed by atoms with Crippen LogP contribution in [0.15, 0.2) is 18.2 Å². The SMILES string of the molecule is Cc1cc(C(=O)O)cc(C(=O)N(C)CC2CCOC2)c1. The van der Waals surface area contributed by atoms with Crippen LogP contribution in [-0.2, 0) is 4.74 Å². The minimum atomic E-state index is -1.02. The van der Waals surface area contributed by atoms with Gasteiger partial charge in [-0.05, 0) is 37.1 Å². The first-order valence-corrected chi connectivity index (χ1v) is 6.65. The first kappa shape index (κ1) is 14.5. The molecule has 20 heavy (non-hydrogen) atoms. The fourth-order valence-corrected chi connectivity index (χ4v) is 2.45. The van der Waals surface area contributed by atoms with Gasteiger partial charge in [0.25, 0.3) is 5.91 Å². The Hall–Kier alpha value is -1.88. The van der Waals surface area contributed by atoms with Crippen LogP contribution in [0.25, 0.3) is 0 Å². The van der Waals surface area contributed by atoms with Crippen LogP contribution >= 0.6 is 0 Å². The number of aromatic carboxylic acids is 1. The fourth-order valence-electron chi connectivity index (χ4n) is 2.45. The van der Waals surface area contributed by atoms with Gasteiger partial charge in [-0.3, -0.25) is 4.79 Å². The summed E-state index contributed by atoms with van der Waals surface area (Å²) in [6, 6.07) is 4.71. The molecule has 5 heteroatoms. The van der Waals surface area contributed by atoms with Gasteiger partial charge < -0.3 is 14.7 Å². The molecule has 108 valence electrons. The highest BCUT2D eigenvalue weighted by Crippen LogP contribution is 2.16. The Balaban J connectivity index is 2.13. The Kier molecular flexibility index (Phi) is 4.39. The Morgan fingerprint density at radius 2 is 2.05 bits per heavy atom. The number of carbonyl (C=O) groups is 2. The summed E-state index contributed by atoms with van der Waals surface area (Å²) < 4.78 is 5.30. The lowest BCUT2D eigenvalue weighted by atomic mass is 10.0. The average molecular weight is 277 g/mol. The molecule has 1 aliphatic heterocycles. The van der Waals surface area contributed by atoms with Gasteiger partial charge in [0.1, 0.15) is 0 Å². The maximum Gasteiger partial charge on any atom is 0.335 e. The average Bonchev–Trinajstić information content (AvgIpc) is 2.89. The summed E-state index contributed by atoms with van der Waals surface area (Å²) in [7, 11) is 1.74. The minimum absolute atomic E-state index is 0.144. The summed E-state index contributed by atoms with van der Waals surface area (Å²) in [5.41, 5.74) is 1.33. The highest BCUT2D eigenvalue weighted by Gasteiger charge is 2.21. The second-order valence-electron chi connectivity index (χ2n) is 5.31. The Morgan fingerprint density at radius 1 is 1.35 bits per heavy atom. The number of hydrogen-bond donors (Lipinski definition) is 1. The molecule has 0 aliphatic carbocycles. The Bertz CT molecular complexity index is 521. The van der Waals surface area contributed by atoms with Crippen LogP contribution in [0.5, 0.6) is 0 Å². The van der Waals surface area contributed by atoms with Gasteiger partial charge in [0.05, 0.1) is 12.2 Å². The second kappa shape index (κ2) is 6.05.